The third kappa shape index (κ3) is 2.10. The van der Waals surface area contributed by atoms with Crippen LogP contribution in [0.4, 0.5) is 0 Å². The van der Waals surface area contributed by atoms with Gasteiger partial charge in [-0.15, -0.1) is 0 Å². The molecule has 0 aliphatic carbocycles. The van der Waals surface area contributed by atoms with Gasteiger partial charge in [-0.25, -0.2) is 0 Å². The smallest absolute Gasteiger partial charge is 0.0928 e. The molecule has 0 saturated heterocycles. The molecule has 0 saturated carbocycles. The molecule has 2 heterocycles. The fraction of sp³-hybridized carbons (Fsp3) is 0.273. The molecular weight excluding hydrogens is 206 g/mol. The summed E-state index contributed by atoms with van der Waals surface area (Å²) in [5.41, 5.74) is 2.42. The standard InChI is InChI=1S/C11H13N3O2/c15-6-5-14-10(8-16)7-11(13-14)9-1-3-12-4-2-9/h1-4,7,15-16H,5-6,8H2. The number of hydrogen-bond donors (Lipinski definition) is 2. The van der Waals surface area contributed by atoms with Crippen molar-refractivity contribution in [3.8, 4) is 11.3 Å². The van der Waals surface area contributed by atoms with E-state index in [1.165, 1.54) is 0 Å². The van der Waals surface area contributed by atoms with E-state index in [9.17, 15) is 0 Å². The highest BCUT2D eigenvalue weighted by atomic mass is 16.3. The Kier molecular flexibility index (Phi) is 3.28. The van der Waals surface area contributed by atoms with E-state index in [2.05, 4.69) is 10.1 Å². The van der Waals surface area contributed by atoms with E-state index < -0.39 is 0 Å². The van der Waals surface area contributed by atoms with Gasteiger partial charge in [0.1, 0.15) is 0 Å². The first-order valence-electron chi connectivity index (χ1n) is 5.04. The number of aliphatic hydroxyl groups is 2. The van der Waals surface area contributed by atoms with Crippen LogP contribution in [0.1, 0.15) is 5.69 Å². The minimum Gasteiger partial charge on any atom is -0.394 e. The number of aliphatic hydroxyl groups excluding tert-OH is 2. The average molecular weight is 219 g/mol. The Morgan fingerprint density at radius 1 is 1.19 bits per heavy atom. The second kappa shape index (κ2) is 4.87. The van der Waals surface area contributed by atoms with Gasteiger partial charge in [0, 0.05) is 18.0 Å². The molecule has 5 nitrogen and oxygen atoms in total. The second-order valence-corrected chi connectivity index (χ2v) is 3.36. The Balaban J connectivity index is 2.36. The number of hydrogen-bond acceptors (Lipinski definition) is 4. The maximum absolute atomic E-state index is 9.15. The molecule has 5 heteroatoms. The fourth-order valence-corrected chi connectivity index (χ4v) is 1.53. The molecule has 16 heavy (non-hydrogen) atoms. The van der Waals surface area contributed by atoms with Crippen LogP contribution in [-0.4, -0.2) is 31.6 Å². The maximum Gasteiger partial charge on any atom is 0.0928 e. The highest BCUT2D eigenvalue weighted by Crippen LogP contribution is 2.18. The molecule has 0 aromatic carbocycles. The SMILES string of the molecule is OCCn1nc(-c2ccncc2)cc1CO. The zero-order valence-electron chi connectivity index (χ0n) is 8.74. The summed E-state index contributed by atoms with van der Waals surface area (Å²) in [6.07, 6.45) is 3.39. The van der Waals surface area contributed by atoms with E-state index in [4.69, 9.17) is 10.2 Å². The quantitative estimate of drug-likeness (QED) is 0.782. The van der Waals surface area contributed by atoms with Crippen LogP contribution in [0.25, 0.3) is 11.3 Å². The van der Waals surface area contributed by atoms with Gasteiger partial charge in [0.05, 0.1) is 31.1 Å². The highest BCUT2D eigenvalue weighted by molar-refractivity contribution is 5.58. The molecule has 0 unspecified atom stereocenters. The Labute approximate surface area is 93.0 Å². The molecule has 0 atom stereocenters. The summed E-state index contributed by atoms with van der Waals surface area (Å²) in [4.78, 5) is 3.93. The Hall–Kier alpha value is -1.72. The number of rotatable bonds is 4. The Morgan fingerprint density at radius 2 is 1.94 bits per heavy atom. The highest BCUT2D eigenvalue weighted by Gasteiger charge is 2.07. The molecule has 2 N–H and O–H groups in total. The zero-order valence-corrected chi connectivity index (χ0v) is 8.74. The van der Waals surface area contributed by atoms with Gasteiger partial charge in [-0.1, -0.05) is 0 Å². The average Bonchev–Trinajstić information content (AvgIpc) is 2.74. The molecule has 0 fully saturated rings. The van der Waals surface area contributed by atoms with Gasteiger partial charge < -0.3 is 10.2 Å². The predicted octanol–water partition coefficient (Wildman–Crippen LogP) is 0.430. The molecule has 2 aromatic heterocycles. The van der Waals surface area contributed by atoms with Crippen molar-refractivity contribution >= 4 is 0 Å². The molecule has 0 amide bonds. The summed E-state index contributed by atoms with van der Waals surface area (Å²) in [5.74, 6) is 0. The van der Waals surface area contributed by atoms with E-state index in [1.807, 2.05) is 18.2 Å². The lowest BCUT2D eigenvalue weighted by atomic mass is 10.2. The van der Waals surface area contributed by atoms with Crippen LogP contribution in [0, 0.1) is 0 Å². The molecule has 0 radical (unpaired) electrons. The summed E-state index contributed by atoms with van der Waals surface area (Å²) in [5, 5.41) is 22.3. The van der Waals surface area contributed by atoms with Gasteiger partial charge in [0.2, 0.25) is 0 Å². The van der Waals surface area contributed by atoms with Gasteiger partial charge in [-0.2, -0.15) is 5.10 Å². The fourth-order valence-electron chi connectivity index (χ4n) is 1.53. The lowest BCUT2D eigenvalue weighted by Crippen LogP contribution is -2.07. The second-order valence-electron chi connectivity index (χ2n) is 3.36. The van der Waals surface area contributed by atoms with Crippen molar-refractivity contribution in [2.75, 3.05) is 6.61 Å². The van der Waals surface area contributed by atoms with Crippen molar-refractivity contribution in [1.82, 2.24) is 14.8 Å². The van der Waals surface area contributed by atoms with E-state index in [0.717, 1.165) is 11.3 Å². The molecule has 0 spiro atoms. The summed E-state index contributed by atoms with van der Waals surface area (Å²) >= 11 is 0. The van der Waals surface area contributed by atoms with E-state index >= 15 is 0 Å². The van der Waals surface area contributed by atoms with Crippen LogP contribution in [0.5, 0.6) is 0 Å². The van der Waals surface area contributed by atoms with Crippen molar-refractivity contribution in [2.45, 2.75) is 13.2 Å². The minimum atomic E-state index is -0.0852. The summed E-state index contributed by atoms with van der Waals surface area (Å²) in [7, 11) is 0. The molecule has 84 valence electrons. The molecule has 0 aliphatic rings. The lowest BCUT2D eigenvalue weighted by molar-refractivity contribution is 0.244. The van der Waals surface area contributed by atoms with Crippen LogP contribution in [0.15, 0.2) is 30.6 Å². The first-order chi connectivity index (χ1) is 7.85. The van der Waals surface area contributed by atoms with Crippen molar-refractivity contribution < 1.29 is 10.2 Å². The Morgan fingerprint density at radius 3 is 2.56 bits per heavy atom. The lowest BCUT2D eigenvalue weighted by Gasteiger charge is -2.01. The van der Waals surface area contributed by atoms with Crippen molar-refractivity contribution in [3.05, 3.63) is 36.3 Å². The molecule has 2 aromatic rings. The van der Waals surface area contributed by atoms with Crippen LogP contribution < -0.4 is 0 Å². The zero-order chi connectivity index (χ0) is 11.4. The Bertz CT molecular complexity index is 454. The third-order valence-corrected chi connectivity index (χ3v) is 2.31. The molecule has 0 aliphatic heterocycles. The molecular formula is C11H13N3O2. The molecule has 0 bridgehead atoms. The van der Waals surface area contributed by atoms with Gasteiger partial charge in [0.15, 0.2) is 0 Å². The van der Waals surface area contributed by atoms with E-state index in [0.29, 0.717) is 12.2 Å². The first kappa shape index (κ1) is 10.8. The van der Waals surface area contributed by atoms with Crippen LogP contribution in [0.2, 0.25) is 0 Å². The number of aromatic nitrogens is 3. The van der Waals surface area contributed by atoms with Gasteiger partial charge >= 0.3 is 0 Å². The van der Waals surface area contributed by atoms with Crippen molar-refractivity contribution in [2.24, 2.45) is 0 Å². The summed E-state index contributed by atoms with van der Waals surface area (Å²) < 4.78 is 1.61. The normalized spacial score (nSPS) is 10.6. The topological polar surface area (TPSA) is 71.2 Å². The van der Waals surface area contributed by atoms with Gasteiger partial charge in [-0.3, -0.25) is 9.67 Å². The summed E-state index contributed by atoms with van der Waals surface area (Å²) in [6.45, 7) is 0.309. The first-order valence-corrected chi connectivity index (χ1v) is 5.04. The number of pyridine rings is 1. The predicted molar refractivity (Wildman–Crippen MR) is 58.5 cm³/mol. The molecule has 2 rings (SSSR count). The van der Waals surface area contributed by atoms with Crippen LogP contribution in [-0.2, 0) is 13.2 Å². The third-order valence-electron chi connectivity index (χ3n) is 2.31. The van der Waals surface area contributed by atoms with Crippen molar-refractivity contribution in [3.63, 3.8) is 0 Å². The van der Waals surface area contributed by atoms with Crippen LogP contribution in [0.3, 0.4) is 0 Å². The summed E-state index contributed by atoms with van der Waals surface area (Å²) in [6, 6.07) is 5.52. The minimum absolute atomic E-state index is 0.00443. The largest absolute Gasteiger partial charge is 0.394 e. The van der Waals surface area contributed by atoms with E-state index in [1.54, 1.807) is 17.1 Å². The van der Waals surface area contributed by atoms with Crippen LogP contribution >= 0.6 is 0 Å². The maximum atomic E-state index is 9.15. The monoisotopic (exact) mass is 219 g/mol. The van der Waals surface area contributed by atoms with Gasteiger partial charge in [0.25, 0.3) is 0 Å². The van der Waals surface area contributed by atoms with Gasteiger partial charge in [-0.05, 0) is 18.2 Å². The number of nitrogens with zero attached hydrogens (tertiary/aromatic N) is 3. The van der Waals surface area contributed by atoms with Crippen molar-refractivity contribution in [1.29, 1.82) is 0 Å². The van der Waals surface area contributed by atoms with E-state index in [-0.39, 0.29) is 13.2 Å².